The Bertz CT molecular complexity index is 782. The van der Waals surface area contributed by atoms with Crippen molar-refractivity contribution >= 4 is 5.97 Å². The molecule has 1 aliphatic rings. The number of carbonyl (C=O) groups is 1. The number of rotatable bonds is 8. The van der Waals surface area contributed by atoms with Crippen LogP contribution < -0.4 is 9.47 Å². The predicted octanol–water partition coefficient (Wildman–Crippen LogP) is 4.66. The van der Waals surface area contributed by atoms with Crippen molar-refractivity contribution in [1.82, 2.24) is 0 Å². The van der Waals surface area contributed by atoms with Crippen molar-refractivity contribution in [1.29, 1.82) is 0 Å². The van der Waals surface area contributed by atoms with Crippen molar-refractivity contribution in [2.75, 3.05) is 13.2 Å². The molecule has 0 saturated carbocycles. The second-order valence-corrected chi connectivity index (χ2v) is 7.01. The summed E-state index contributed by atoms with van der Waals surface area (Å²) >= 11 is 0. The first-order chi connectivity index (χ1) is 12.5. The van der Waals surface area contributed by atoms with Crippen LogP contribution in [0.3, 0.4) is 0 Å². The van der Waals surface area contributed by atoms with E-state index in [-0.39, 0.29) is 12.3 Å². The van der Waals surface area contributed by atoms with Crippen LogP contribution in [0.5, 0.6) is 11.5 Å². The van der Waals surface area contributed by atoms with Gasteiger partial charge in [0, 0.05) is 6.42 Å². The van der Waals surface area contributed by atoms with Crippen molar-refractivity contribution in [3.05, 3.63) is 58.7 Å². The molecule has 0 aliphatic heterocycles. The predicted molar refractivity (Wildman–Crippen MR) is 101 cm³/mol. The Morgan fingerprint density at radius 3 is 2.69 bits per heavy atom. The normalized spacial score (nSPS) is 15.5. The fourth-order valence-electron chi connectivity index (χ4n) is 3.59. The first kappa shape index (κ1) is 18.3. The molecule has 0 heterocycles. The van der Waals surface area contributed by atoms with Crippen LogP contribution in [0.1, 0.15) is 47.4 Å². The van der Waals surface area contributed by atoms with E-state index in [1.807, 2.05) is 18.2 Å². The van der Waals surface area contributed by atoms with Gasteiger partial charge in [-0.05, 0) is 67.5 Å². The molecule has 2 aromatic rings. The Kier molecular flexibility index (Phi) is 5.82. The number of hydrogen-bond donors (Lipinski definition) is 1. The topological polar surface area (TPSA) is 55.8 Å². The fourth-order valence-corrected chi connectivity index (χ4v) is 3.59. The molecule has 138 valence electrons. The molecule has 0 fully saturated rings. The molecule has 0 unspecified atom stereocenters. The van der Waals surface area contributed by atoms with Gasteiger partial charge in [-0.25, -0.2) is 0 Å². The van der Waals surface area contributed by atoms with Gasteiger partial charge in [-0.1, -0.05) is 23.8 Å². The zero-order valence-corrected chi connectivity index (χ0v) is 15.5. The number of carboxylic acid groups (broad SMARTS) is 1. The third kappa shape index (κ3) is 4.57. The number of hydrogen-bond acceptors (Lipinski definition) is 3. The second-order valence-electron chi connectivity index (χ2n) is 7.01. The molecule has 0 amide bonds. The molecular formula is C22H26O4. The Labute approximate surface area is 154 Å². The molecule has 26 heavy (non-hydrogen) atoms. The molecule has 2 aromatic carbocycles. The van der Waals surface area contributed by atoms with Gasteiger partial charge in [-0.2, -0.15) is 0 Å². The van der Waals surface area contributed by atoms with E-state index in [1.165, 1.54) is 11.1 Å². The highest BCUT2D eigenvalue weighted by Crippen LogP contribution is 2.37. The summed E-state index contributed by atoms with van der Waals surface area (Å²) in [5, 5.41) is 9.00. The maximum atomic E-state index is 10.9. The average molecular weight is 354 g/mol. The highest BCUT2D eigenvalue weighted by atomic mass is 16.5. The molecule has 1 N–H and O–H groups in total. The SMILES string of the molecule is Cc1ccc(OCCCOc2ccc3c(c2)CC[C@H]3CC(=O)O)c(C)c1. The molecule has 0 bridgehead atoms. The summed E-state index contributed by atoms with van der Waals surface area (Å²) in [6.07, 6.45) is 2.87. The lowest BCUT2D eigenvalue weighted by Gasteiger charge is -2.12. The van der Waals surface area contributed by atoms with E-state index in [2.05, 4.69) is 32.0 Å². The van der Waals surface area contributed by atoms with Crippen molar-refractivity contribution in [3.63, 3.8) is 0 Å². The van der Waals surface area contributed by atoms with E-state index in [9.17, 15) is 4.79 Å². The van der Waals surface area contributed by atoms with E-state index in [0.29, 0.717) is 13.2 Å². The van der Waals surface area contributed by atoms with Crippen LogP contribution in [0.25, 0.3) is 0 Å². The van der Waals surface area contributed by atoms with Crippen LogP contribution >= 0.6 is 0 Å². The minimum Gasteiger partial charge on any atom is -0.493 e. The summed E-state index contributed by atoms with van der Waals surface area (Å²) in [5.74, 6) is 1.19. The summed E-state index contributed by atoms with van der Waals surface area (Å²) in [6.45, 7) is 5.35. The lowest BCUT2D eigenvalue weighted by Crippen LogP contribution is -2.06. The Hall–Kier alpha value is -2.49. The zero-order valence-electron chi connectivity index (χ0n) is 15.5. The van der Waals surface area contributed by atoms with Crippen LogP contribution in [-0.4, -0.2) is 24.3 Å². The van der Waals surface area contributed by atoms with Crippen molar-refractivity contribution in [2.24, 2.45) is 0 Å². The monoisotopic (exact) mass is 354 g/mol. The molecule has 0 aromatic heterocycles. The molecule has 0 spiro atoms. The highest BCUT2D eigenvalue weighted by Gasteiger charge is 2.24. The minimum atomic E-state index is -0.730. The third-order valence-electron chi connectivity index (χ3n) is 4.88. The van der Waals surface area contributed by atoms with Gasteiger partial charge in [-0.15, -0.1) is 0 Å². The fraction of sp³-hybridized carbons (Fsp3) is 0.409. The minimum absolute atomic E-state index is 0.141. The van der Waals surface area contributed by atoms with Gasteiger partial charge in [0.25, 0.3) is 0 Å². The molecule has 0 saturated heterocycles. The molecule has 3 rings (SSSR count). The first-order valence-corrected chi connectivity index (χ1v) is 9.20. The lowest BCUT2D eigenvalue weighted by atomic mass is 9.98. The van der Waals surface area contributed by atoms with Gasteiger partial charge in [0.15, 0.2) is 0 Å². The number of aryl methyl sites for hydroxylation is 3. The smallest absolute Gasteiger partial charge is 0.303 e. The van der Waals surface area contributed by atoms with Gasteiger partial charge in [0.2, 0.25) is 0 Å². The van der Waals surface area contributed by atoms with Crippen LogP contribution in [0.2, 0.25) is 0 Å². The van der Waals surface area contributed by atoms with Gasteiger partial charge in [0.05, 0.1) is 19.6 Å². The number of ether oxygens (including phenoxy) is 2. The van der Waals surface area contributed by atoms with E-state index < -0.39 is 5.97 Å². The Morgan fingerprint density at radius 2 is 1.92 bits per heavy atom. The van der Waals surface area contributed by atoms with Crippen LogP contribution in [0.4, 0.5) is 0 Å². The highest BCUT2D eigenvalue weighted by molar-refractivity contribution is 5.68. The molecule has 1 atom stereocenters. The summed E-state index contributed by atoms with van der Waals surface area (Å²) in [7, 11) is 0. The van der Waals surface area contributed by atoms with Crippen molar-refractivity contribution in [3.8, 4) is 11.5 Å². The lowest BCUT2D eigenvalue weighted by molar-refractivity contribution is -0.137. The third-order valence-corrected chi connectivity index (χ3v) is 4.88. The summed E-state index contributed by atoms with van der Waals surface area (Å²) in [4.78, 5) is 10.9. The maximum absolute atomic E-state index is 10.9. The first-order valence-electron chi connectivity index (χ1n) is 9.20. The van der Waals surface area contributed by atoms with Crippen LogP contribution in [0.15, 0.2) is 36.4 Å². The molecular weight excluding hydrogens is 328 g/mol. The number of carboxylic acids is 1. The van der Waals surface area contributed by atoms with Crippen LogP contribution in [-0.2, 0) is 11.2 Å². The van der Waals surface area contributed by atoms with E-state index in [0.717, 1.165) is 41.9 Å². The second kappa shape index (κ2) is 8.26. The zero-order chi connectivity index (χ0) is 18.5. The number of aliphatic carboxylic acids is 1. The summed E-state index contributed by atoms with van der Waals surface area (Å²) in [6, 6.07) is 12.2. The van der Waals surface area contributed by atoms with Gasteiger partial charge >= 0.3 is 5.97 Å². The standard InChI is InChI=1S/C22H26O4/c1-15-4-9-21(16(2)12-15)26-11-3-10-25-19-7-8-20-17(13-19)5-6-18(20)14-22(23)24/h4,7-9,12-13,18H,3,5-6,10-11,14H2,1-2H3,(H,23,24)/t18-/m0/s1. The summed E-state index contributed by atoms with van der Waals surface area (Å²) < 4.78 is 11.7. The largest absolute Gasteiger partial charge is 0.493 e. The van der Waals surface area contributed by atoms with E-state index in [4.69, 9.17) is 14.6 Å². The number of fused-ring (bicyclic) bond motifs is 1. The average Bonchev–Trinajstić information content (AvgIpc) is 2.98. The quantitative estimate of drug-likeness (QED) is 0.701. The van der Waals surface area contributed by atoms with Crippen LogP contribution in [0, 0.1) is 13.8 Å². The van der Waals surface area contributed by atoms with Gasteiger partial charge in [0.1, 0.15) is 11.5 Å². The Morgan fingerprint density at radius 1 is 1.12 bits per heavy atom. The Balaban J connectivity index is 1.45. The molecule has 4 nitrogen and oxygen atoms in total. The van der Waals surface area contributed by atoms with Crippen molar-refractivity contribution < 1.29 is 19.4 Å². The van der Waals surface area contributed by atoms with Crippen molar-refractivity contribution in [2.45, 2.75) is 45.4 Å². The summed E-state index contributed by atoms with van der Waals surface area (Å²) in [5.41, 5.74) is 4.78. The molecule has 4 heteroatoms. The van der Waals surface area contributed by atoms with Gasteiger partial charge in [-0.3, -0.25) is 4.79 Å². The maximum Gasteiger partial charge on any atom is 0.303 e. The molecule has 0 radical (unpaired) electrons. The molecule has 1 aliphatic carbocycles. The number of benzene rings is 2. The van der Waals surface area contributed by atoms with Gasteiger partial charge < -0.3 is 14.6 Å². The van der Waals surface area contributed by atoms with E-state index in [1.54, 1.807) is 0 Å². The van der Waals surface area contributed by atoms with E-state index >= 15 is 0 Å².